The van der Waals surface area contributed by atoms with Gasteiger partial charge in [-0.3, -0.25) is 4.90 Å². The lowest BCUT2D eigenvalue weighted by atomic mass is 10.1. The Morgan fingerprint density at radius 3 is 2.72 bits per heavy atom. The molecule has 0 radical (unpaired) electrons. The third-order valence-corrected chi connectivity index (χ3v) is 3.92. The lowest BCUT2D eigenvalue weighted by molar-refractivity contribution is 0.134. The summed E-state index contributed by atoms with van der Waals surface area (Å²) in [5.74, 6) is 0. The van der Waals surface area contributed by atoms with E-state index in [-0.39, 0.29) is 6.10 Å². The van der Waals surface area contributed by atoms with Gasteiger partial charge in [-0.25, -0.2) is 0 Å². The van der Waals surface area contributed by atoms with Crippen molar-refractivity contribution >= 4 is 0 Å². The highest BCUT2D eigenvalue weighted by atomic mass is 16.3. The Balaban J connectivity index is 1.83. The molecule has 100 valence electrons. The van der Waals surface area contributed by atoms with Crippen LogP contribution in [0, 0.1) is 6.92 Å². The number of hydrogen-bond acceptors (Lipinski definition) is 2. The topological polar surface area (TPSA) is 23.5 Å². The molecule has 0 aliphatic carbocycles. The summed E-state index contributed by atoms with van der Waals surface area (Å²) in [6.45, 7) is 6.35. The fourth-order valence-corrected chi connectivity index (χ4v) is 2.88. The van der Waals surface area contributed by atoms with Gasteiger partial charge in [-0.15, -0.1) is 0 Å². The molecule has 1 heterocycles. The molecule has 2 nitrogen and oxygen atoms in total. The summed E-state index contributed by atoms with van der Waals surface area (Å²) in [7, 11) is 0. The first-order valence-electron chi connectivity index (χ1n) is 7.13. The summed E-state index contributed by atoms with van der Waals surface area (Å²) in [5, 5.41) is 9.52. The van der Waals surface area contributed by atoms with E-state index in [9.17, 15) is 5.11 Å². The largest absolute Gasteiger partial charge is 0.393 e. The molecule has 2 heteroatoms. The quantitative estimate of drug-likeness (QED) is 0.865. The van der Waals surface area contributed by atoms with Crippen molar-refractivity contribution in [2.24, 2.45) is 0 Å². The van der Waals surface area contributed by atoms with Gasteiger partial charge in [0.25, 0.3) is 0 Å². The fourth-order valence-electron chi connectivity index (χ4n) is 2.88. The molecule has 1 aromatic carbocycles. The molecule has 1 saturated heterocycles. The van der Waals surface area contributed by atoms with Crippen LogP contribution in [0.3, 0.4) is 0 Å². The van der Waals surface area contributed by atoms with Crippen LogP contribution in [0.5, 0.6) is 0 Å². The van der Waals surface area contributed by atoms with Gasteiger partial charge < -0.3 is 5.11 Å². The van der Waals surface area contributed by atoms with Crippen LogP contribution in [-0.4, -0.2) is 35.2 Å². The second-order valence-corrected chi connectivity index (χ2v) is 5.65. The first-order chi connectivity index (χ1) is 8.65. The molecule has 1 fully saturated rings. The van der Waals surface area contributed by atoms with Crippen LogP contribution < -0.4 is 0 Å². The number of aliphatic hydroxyl groups excluding tert-OH is 1. The van der Waals surface area contributed by atoms with E-state index in [0.29, 0.717) is 6.04 Å². The molecule has 2 unspecified atom stereocenters. The van der Waals surface area contributed by atoms with Crippen LogP contribution in [0.4, 0.5) is 0 Å². The average molecular weight is 247 g/mol. The van der Waals surface area contributed by atoms with Gasteiger partial charge >= 0.3 is 0 Å². The highest BCUT2D eigenvalue weighted by molar-refractivity contribution is 5.21. The number of aliphatic hydroxyl groups is 1. The second kappa shape index (κ2) is 6.35. The first-order valence-corrected chi connectivity index (χ1v) is 7.13. The average Bonchev–Trinajstić information content (AvgIpc) is 2.75. The minimum absolute atomic E-state index is 0.171. The Kier molecular flexibility index (Phi) is 4.79. The predicted octanol–water partition coefficient (Wildman–Crippen LogP) is 2.77. The van der Waals surface area contributed by atoms with Gasteiger partial charge in [-0.2, -0.15) is 0 Å². The smallest absolute Gasteiger partial charge is 0.0527 e. The van der Waals surface area contributed by atoms with Crippen molar-refractivity contribution in [2.45, 2.75) is 51.7 Å². The van der Waals surface area contributed by atoms with E-state index in [1.165, 1.54) is 30.5 Å². The molecular formula is C16H25NO. The number of benzene rings is 1. The van der Waals surface area contributed by atoms with Crippen molar-refractivity contribution in [3.8, 4) is 0 Å². The summed E-state index contributed by atoms with van der Waals surface area (Å²) < 4.78 is 0. The maximum atomic E-state index is 9.52. The van der Waals surface area contributed by atoms with Crippen LogP contribution in [0.25, 0.3) is 0 Å². The Hall–Kier alpha value is -0.860. The Bertz CT molecular complexity index is 358. The van der Waals surface area contributed by atoms with Gasteiger partial charge in [0, 0.05) is 12.6 Å². The Labute approximate surface area is 111 Å². The SMILES string of the molecule is Cc1ccc(CCN2CCCC2CC(C)O)cc1. The molecular weight excluding hydrogens is 222 g/mol. The van der Waals surface area contributed by atoms with Crippen molar-refractivity contribution in [3.63, 3.8) is 0 Å². The number of aryl methyl sites for hydroxylation is 1. The summed E-state index contributed by atoms with van der Waals surface area (Å²) in [4.78, 5) is 2.55. The lowest BCUT2D eigenvalue weighted by Crippen LogP contribution is -2.33. The van der Waals surface area contributed by atoms with Gasteiger partial charge in [0.1, 0.15) is 0 Å². The molecule has 0 bridgehead atoms. The highest BCUT2D eigenvalue weighted by Crippen LogP contribution is 2.21. The van der Waals surface area contributed by atoms with Crippen molar-refractivity contribution in [1.29, 1.82) is 0 Å². The Morgan fingerprint density at radius 1 is 1.33 bits per heavy atom. The third-order valence-electron chi connectivity index (χ3n) is 3.92. The van der Waals surface area contributed by atoms with Crippen molar-refractivity contribution in [3.05, 3.63) is 35.4 Å². The second-order valence-electron chi connectivity index (χ2n) is 5.65. The molecule has 1 aliphatic heterocycles. The van der Waals surface area contributed by atoms with Gasteiger partial charge in [0.15, 0.2) is 0 Å². The Morgan fingerprint density at radius 2 is 2.06 bits per heavy atom. The molecule has 0 saturated carbocycles. The predicted molar refractivity (Wildman–Crippen MR) is 75.8 cm³/mol. The van der Waals surface area contributed by atoms with Crippen LogP contribution in [0.2, 0.25) is 0 Å². The van der Waals surface area contributed by atoms with E-state index < -0.39 is 0 Å². The monoisotopic (exact) mass is 247 g/mol. The van der Waals surface area contributed by atoms with Crippen LogP contribution in [0.1, 0.15) is 37.3 Å². The molecule has 1 aliphatic rings. The van der Waals surface area contributed by atoms with Crippen LogP contribution >= 0.6 is 0 Å². The van der Waals surface area contributed by atoms with Crippen molar-refractivity contribution < 1.29 is 5.11 Å². The molecule has 1 N–H and O–H groups in total. The van der Waals surface area contributed by atoms with Crippen molar-refractivity contribution in [1.82, 2.24) is 4.90 Å². The third kappa shape index (κ3) is 3.82. The van der Waals surface area contributed by atoms with Gasteiger partial charge in [-0.05, 0) is 51.6 Å². The zero-order chi connectivity index (χ0) is 13.0. The van der Waals surface area contributed by atoms with Gasteiger partial charge in [-0.1, -0.05) is 29.8 Å². The molecule has 2 rings (SSSR count). The zero-order valence-corrected chi connectivity index (χ0v) is 11.6. The maximum absolute atomic E-state index is 9.52. The lowest BCUT2D eigenvalue weighted by Gasteiger charge is -2.25. The number of hydrogen-bond donors (Lipinski definition) is 1. The fraction of sp³-hybridized carbons (Fsp3) is 0.625. The summed E-state index contributed by atoms with van der Waals surface area (Å²) in [5.41, 5.74) is 2.75. The highest BCUT2D eigenvalue weighted by Gasteiger charge is 2.24. The zero-order valence-electron chi connectivity index (χ0n) is 11.6. The normalized spacial score (nSPS) is 22.3. The van der Waals surface area contributed by atoms with Crippen molar-refractivity contribution in [2.75, 3.05) is 13.1 Å². The van der Waals surface area contributed by atoms with E-state index in [1.54, 1.807) is 0 Å². The first kappa shape index (κ1) is 13.6. The maximum Gasteiger partial charge on any atom is 0.0527 e. The van der Waals surface area contributed by atoms with Gasteiger partial charge in [0.05, 0.1) is 6.10 Å². The molecule has 18 heavy (non-hydrogen) atoms. The molecule has 2 atom stereocenters. The number of likely N-dealkylation sites (tertiary alicyclic amines) is 1. The summed E-state index contributed by atoms with van der Waals surface area (Å²) in [6, 6.07) is 9.43. The van der Waals surface area contributed by atoms with E-state index in [1.807, 2.05) is 6.92 Å². The number of nitrogens with zero attached hydrogens (tertiary/aromatic N) is 1. The standard InChI is InChI=1S/C16H25NO/c1-13-5-7-15(8-6-13)9-11-17-10-3-4-16(17)12-14(2)18/h5-8,14,16,18H,3-4,9-12H2,1-2H3. The van der Waals surface area contributed by atoms with Gasteiger partial charge in [0.2, 0.25) is 0 Å². The molecule has 0 aromatic heterocycles. The molecule has 0 amide bonds. The minimum atomic E-state index is -0.171. The van der Waals surface area contributed by atoms with Crippen LogP contribution in [-0.2, 0) is 6.42 Å². The number of rotatable bonds is 5. The molecule has 0 spiro atoms. The van der Waals surface area contributed by atoms with E-state index in [4.69, 9.17) is 0 Å². The summed E-state index contributed by atoms with van der Waals surface area (Å²) in [6.07, 6.45) is 4.41. The van der Waals surface area contributed by atoms with Crippen LogP contribution in [0.15, 0.2) is 24.3 Å². The minimum Gasteiger partial charge on any atom is -0.393 e. The summed E-state index contributed by atoms with van der Waals surface area (Å²) >= 11 is 0. The molecule has 1 aromatic rings. The van der Waals surface area contributed by atoms with E-state index in [2.05, 4.69) is 36.1 Å². The van der Waals surface area contributed by atoms with E-state index in [0.717, 1.165) is 19.4 Å². The van der Waals surface area contributed by atoms with E-state index >= 15 is 0 Å².